The molecule has 4 nitrogen and oxygen atoms in total. The van der Waals surface area contributed by atoms with Gasteiger partial charge in [0.25, 0.3) is 0 Å². The fraction of sp³-hybridized carbons (Fsp3) is 0.846. The van der Waals surface area contributed by atoms with Gasteiger partial charge in [-0.1, -0.05) is 20.3 Å². The number of carbonyl (C=O) groups excluding carboxylic acids is 2. The Morgan fingerprint density at radius 1 is 1.47 bits per heavy atom. The number of carbonyl (C=O) groups is 2. The molecule has 2 rings (SSSR count). The number of amides is 2. The molecule has 1 saturated carbocycles. The zero-order valence-electron chi connectivity index (χ0n) is 10.7. The first-order valence-corrected chi connectivity index (χ1v) is 6.69. The van der Waals surface area contributed by atoms with E-state index in [1.54, 1.807) is 0 Å². The Morgan fingerprint density at radius 2 is 2.24 bits per heavy atom. The minimum atomic E-state index is -0.157. The van der Waals surface area contributed by atoms with Crippen molar-refractivity contribution in [3.05, 3.63) is 0 Å². The van der Waals surface area contributed by atoms with Crippen LogP contribution in [-0.4, -0.2) is 24.4 Å². The Bertz CT molecular complexity index is 317. The zero-order chi connectivity index (χ0) is 12.4. The number of nitrogens with one attached hydrogen (secondary N) is 2. The SMILES string of the molecule is CCC1CCC(NC(=O)C2CNC(=O)C2)C1C. The van der Waals surface area contributed by atoms with Crippen molar-refractivity contribution in [2.24, 2.45) is 17.8 Å². The molecule has 96 valence electrons. The van der Waals surface area contributed by atoms with Crippen molar-refractivity contribution in [2.75, 3.05) is 6.54 Å². The van der Waals surface area contributed by atoms with Crippen LogP contribution in [0.3, 0.4) is 0 Å². The maximum absolute atomic E-state index is 12.0. The minimum Gasteiger partial charge on any atom is -0.355 e. The van der Waals surface area contributed by atoms with Gasteiger partial charge in [0.15, 0.2) is 0 Å². The van der Waals surface area contributed by atoms with Crippen LogP contribution in [0.5, 0.6) is 0 Å². The van der Waals surface area contributed by atoms with Crippen molar-refractivity contribution < 1.29 is 9.59 Å². The third kappa shape index (κ3) is 2.61. The Kier molecular flexibility index (Phi) is 3.69. The monoisotopic (exact) mass is 238 g/mol. The lowest BCUT2D eigenvalue weighted by molar-refractivity contribution is -0.127. The third-order valence-corrected chi connectivity index (χ3v) is 4.43. The summed E-state index contributed by atoms with van der Waals surface area (Å²) in [5.74, 6) is 1.20. The highest BCUT2D eigenvalue weighted by molar-refractivity contribution is 5.89. The molecule has 2 amide bonds. The predicted molar refractivity (Wildman–Crippen MR) is 65.2 cm³/mol. The van der Waals surface area contributed by atoms with Gasteiger partial charge in [0.2, 0.25) is 11.8 Å². The highest BCUT2D eigenvalue weighted by Gasteiger charge is 2.35. The van der Waals surface area contributed by atoms with Gasteiger partial charge in [-0.25, -0.2) is 0 Å². The quantitative estimate of drug-likeness (QED) is 0.772. The van der Waals surface area contributed by atoms with Crippen LogP contribution < -0.4 is 10.6 Å². The average molecular weight is 238 g/mol. The van der Waals surface area contributed by atoms with Gasteiger partial charge in [0, 0.05) is 19.0 Å². The lowest BCUT2D eigenvalue weighted by Gasteiger charge is -2.22. The number of rotatable bonds is 3. The third-order valence-electron chi connectivity index (χ3n) is 4.43. The van der Waals surface area contributed by atoms with Crippen LogP contribution in [0.15, 0.2) is 0 Å². The Balaban J connectivity index is 1.85. The Labute approximate surface area is 103 Å². The van der Waals surface area contributed by atoms with Gasteiger partial charge in [-0.05, 0) is 24.7 Å². The summed E-state index contributed by atoms with van der Waals surface area (Å²) in [5.41, 5.74) is 0. The molecule has 0 spiro atoms. The maximum atomic E-state index is 12.0. The fourth-order valence-electron chi connectivity index (χ4n) is 3.12. The molecule has 2 aliphatic rings. The minimum absolute atomic E-state index is 0.00365. The Hall–Kier alpha value is -1.06. The van der Waals surface area contributed by atoms with E-state index in [1.165, 1.54) is 12.8 Å². The second-order valence-corrected chi connectivity index (χ2v) is 5.43. The molecule has 1 heterocycles. The zero-order valence-corrected chi connectivity index (χ0v) is 10.7. The first-order valence-electron chi connectivity index (χ1n) is 6.69. The summed E-state index contributed by atoms with van der Waals surface area (Å²) < 4.78 is 0. The molecule has 4 atom stereocenters. The van der Waals surface area contributed by atoms with Gasteiger partial charge in [-0.15, -0.1) is 0 Å². The Morgan fingerprint density at radius 3 is 2.76 bits per heavy atom. The predicted octanol–water partition coefficient (Wildman–Crippen LogP) is 1.06. The summed E-state index contributed by atoms with van der Waals surface area (Å²) in [5, 5.41) is 5.83. The van der Waals surface area contributed by atoms with E-state index in [0.29, 0.717) is 24.9 Å². The topological polar surface area (TPSA) is 58.2 Å². The molecule has 2 N–H and O–H groups in total. The highest BCUT2D eigenvalue weighted by atomic mass is 16.2. The summed E-state index contributed by atoms with van der Waals surface area (Å²) in [7, 11) is 0. The van der Waals surface area contributed by atoms with E-state index in [0.717, 1.165) is 12.3 Å². The second kappa shape index (κ2) is 5.07. The van der Waals surface area contributed by atoms with E-state index >= 15 is 0 Å². The van der Waals surface area contributed by atoms with Crippen molar-refractivity contribution >= 4 is 11.8 Å². The highest BCUT2D eigenvalue weighted by Crippen LogP contribution is 2.34. The van der Waals surface area contributed by atoms with E-state index < -0.39 is 0 Å². The molecule has 2 fully saturated rings. The molecule has 0 aromatic carbocycles. The normalized spacial score (nSPS) is 36.9. The van der Waals surface area contributed by atoms with Crippen molar-refractivity contribution in [2.45, 2.75) is 45.6 Å². The summed E-state index contributed by atoms with van der Waals surface area (Å²) in [6, 6.07) is 0.308. The summed E-state index contributed by atoms with van der Waals surface area (Å²) >= 11 is 0. The maximum Gasteiger partial charge on any atom is 0.225 e. The van der Waals surface area contributed by atoms with Crippen molar-refractivity contribution in [3.8, 4) is 0 Å². The molecular weight excluding hydrogens is 216 g/mol. The molecule has 4 unspecified atom stereocenters. The smallest absolute Gasteiger partial charge is 0.225 e. The molecule has 0 bridgehead atoms. The molecule has 1 saturated heterocycles. The van der Waals surface area contributed by atoms with Gasteiger partial charge >= 0.3 is 0 Å². The van der Waals surface area contributed by atoms with Gasteiger partial charge in [0.05, 0.1) is 5.92 Å². The number of hydrogen-bond donors (Lipinski definition) is 2. The van der Waals surface area contributed by atoms with Gasteiger partial charge in [0.1, 0.15) is 0 Å². The van der Waals surface area contributed by atoms with E-state index in [4.69, 9.17) is 0 Å². The lowest BCUT2D eigenvalue weighted by atomic mass is 9.93. The molecule has 0 radical (unpaired) electrons. The lowest BCUT2D eigenvalue weighted by Crippen LogP contribution is -2.41. The van der Waals surface area contributed by atoms with Crippen LogP contribution in [0.4, 0.5) is 0 Å². The van der Waals surface area contributed by atoms with Gasteiger partial charge < -0.3 is 10.6 Å². The molecule has 17 heavy (non-hydrogen) atoms. The van der Waals surface area contributed by atoms with E-state index in [-0.39, 0.29) is 17.7 Å². The molecule has 1 aliphatic carbocycles. The summed E-state index contributed by atoms with van der Waals surface area (Å²) in [6.45, 7) is 4.94. The summed E-state index contributed by atoms with van der Waals surface area (Å²) in [6.07, 6.45) is 3.84. The standard InChI is InChI=1S/C13H22N2O2/c1-3-9-4-5-11(8(9)2)15-13(17)10-6-12(16)14-7-10/h8-11H,3-7H2,1-2H3,(H,14,16)(H,15,17). The van der Waals surface area contributed by atoms with E-state index in [9.17, 15) is 9.59 Å². The first kappa shape index (κ1) is 12.4. The van der Waals surface area contributed by atoms with Crippen LogP contribution >= 0.6 is 0 Å². The van der Waals surface area contributed by atoms with Crippen LogP contribution in [-0.2, 0) is 9.59 Å². The molecular formula is C13H22N2O2. The molecule has 1 aliphatic heterocycles. The van der Waals surface area contributed by atoms with Crippen LogP contribution in [0.1, 0.15) is 39.5 Å². The largest absolute Gasteiger partial charge is 0.355 e. The molecule has 0 aromatic rings. The van der Waals surface area contributed by atoms with Crippen molar-refractivity contribution in [3.63, 3.8) is 0 Å². The van der Waals surface area contributed by atoms with Crippen LogP contribution in [0, 0.1) is 17.8 Å². The fourth-order valence-corrected chi connectivity index (χ4v) is 3.12. The molecule has 0 aromatic heterocycles. The molecule has 4 heteroatoms. The second-order valence-electron chi connectivity index (χ2n) is 5.43. The number of hydrogen-bond acceptors (Lipinski definition) is 2. The van der Waals surface area contributed by atoms with Gasteiger partial charge in [-0.3, -0.25) is 9.59 Å². The van der Waals surface area contributed by atoms with E-state index in [1.807, 2.05) is 0 Å². The van der Waals surface area contributed by atoms with Crippen LogP contribution in [0.2, 0.25) is 0 Å². The van der Waals surface area contributed by atoms with Crippen molar-refractivity contribution in [1.29, 1.82) is 0 Å². The first-order chi connectivity index (χ1) is 8.11. The van der Waals surface area contributed by atoms with Gasteiger partial charge in [-0.2, -0.15) is 0 Å². The van der Waals surface area contributed by atoms with Crippen LogP contribution in [0.25, 0.3) is 0 Å². The van der Waals surface area contributed by atoms with E-state index in [2.05, 4.69) is 24.5 Å². The van der Waals surface area contributed by atoms with Crippen molar-refractivity contribution in [1.82, 2.24) is 10.6 Å². The summed E-state index contributed by atoms with van der Waals surface area (Å²) in [4.78, 5) is 23.1. The average Bonchev–Trinajstić information content (AvgIpc) is 2.87.